The van der Waals surface area contributed by atoms with Gasteiger partial charge in [-0.15, -0.1) is 11.6 Å². The van der Waals surface area contributed by atoms with Crippen molar-refractivity contribution in [3.05, 3.63) is 47.0 Å². The van der Waals surface area contributed by atoms with Crippen molar-refractivity contribution in [3.63, 3.8) is 0 Å². The third kappa shape index (κ3) is 2.08. The summed E-state index contributed by atoms with van der Waals surface area (Å²) in [5.41, 5.74) is 2.67. The number of rotatable bonds is 2. The summed E-state index contributed by atoms with van der Waals surface area (Å²) in [4.78, 5) is 11.3. The number of benzene rings is 1. The van der Waals surface area contributed by atoms with Crippen LogP contribution < -0.4 is 0 Å². The summed E-state index contributed by atoms with van der Waals surface area (Å²) in [5.74, 6) is -0.546. The normalized spacial score (nSPS) is 24.5. The summed E-state index contributed by atoms with van der Waals surface area (Å²) in [6.45, 7) is 0.292. The van der Waals surface area contributed by atoms with Crippen molar-refractivity contribution < 1.29 is 9.53 Å². The molecule has 1 aromatic carbocycles. The third-order valence-corrected chi connectivity index (χ3v) is 3.41. The van der Waals surface area contributed by atoms with Crippen molar-refractivity contribution in [2.24, 2.45) is 5.92 Å². The van der Waals surface area contributed by atoms with Gasteiger partial charge in [0.15, 0.2) is 0 Å². The molecule has 1 fully saturated rings. The van der Waals surface area contributed by atoms with Crippen LogP contribution in [0.5, 0.6) is 0 Å². The zero-order valence-electron chi connectivity index (χ0n) is 8.40. The Morgan fingerprint density at radius 3 is 2.69 bits per heavy atom. The summed E-state index contributed by atoms with van der Waals surface area (Å²) in [6, 6.07) is 9.58. The molecule has 0 amide bonds. The number of hydrogen-bond donors (Lipinski definition) is 0. The van der Waals surface area contributed by atoms with Crippen LogP contribution in [0.2, 0.25) is 0 Å². The molecule has 2 nitrogen and oxygen atoms in total. The molecule has 1 aliphatic rings. The van der Waals surface area contributed by atoms with Crippen molar-refractivity contribution in [2.45, 2.75) is 5.38 Å². The lowest BCUT2D eigenvalue weighted by molar-refractivity contribution is -0.135. The largest absolute Gasteiger partial charge is 0.462 e. The third-order valence-electron chi connectivity index (χ3n) is 2.62. The van der Waals surface area contributed by atoms with Gasteiger partial charge in [-0.3, -0.25) is 0 Å². The van der Waals surface area contributed by atoms with Gasteiger partial charge in [-0.05, 0) is 5.56 Å². The Labute approximate surface area is 104 Å². The smallest absolute Gasteiger partial charge is 0.335 e. The minimum Gasteiger partial charge on any atom is -0.462 e. The lowest BCUT2D eigenvalue weighted by Gasteiger charge is -2.15. The predicted octanol–water partition coefficient (Wildman–Crippen LogP) is 3.26. The van der Waals surface area contributed by atoms with Crippen LogP contribution in [0.4, 0.5) is 0 Å². The van der Waals surface area contributed by atoms with Crippen LogP contribution in [0.15, 0.2) is 41.4 Å². The number of carbonyl (C=O) groups is 1. The minimum absolute atomic E-state index is 0.172. The van der Waals surface area contributed by atoms with E-state index < -0.39 is 0 Å². The molecular weight excluding hydrogens is 247 g/mol. The van der Waals surface area contributed by atoms with E-state index in [2.05, 4.69) is 0 Å². The Morgan fingerprint density at radius 1 is 1.38 bits per heavy atom. The zero-order chi connectivity index (χ0) is 11.5. The van der Waals surface area contributed by atoms with Gasteiger partial charge < -0.3 is 4.74 Å². The molecule has 1 aromatic rings. The van der Waals surface area contributed by atoms with Gasteiger partial charge in [0.05, 0.1) is 11.0 Å². The number of halogens is 2. The molecular formula is C12H10Cl2O2. The molecule has 1 saturated heterocycles. The van der Waals surface area contributed by atoms with E-state index in [0.29, 0.717) is 12.2 Å². The van der Waals surface area contributed by atoms with Crippen molar-refractivity contribution in [1.82, 2.24) is 0 Å². The lowest BCUT2D eigenvalue weighted by Crippen LogP contribution is -2.10. The second kappa shape index (κ2) is 4.89. The first-order chi connectivity index (χ1) is 7.74. The Hall–Kier alpha value is -0.990. The van der Waals surface area contributed by atoms with Gasteiger partial charge in [-0.1, -0.05) is 41.9 Å². The average molecular weight is 257 g/mol. The van der Waals surface area contributed by atoms with Crippen molar-refractivity contribution in [1.29, 1.82) is 0 Å². The molecule has 2 rings (SSSR count). The average Bonchev–Trinajstić information content (AvgIpc) is 2.70. The fraction of sp³-hybridized carbons (Fsp3) is 0.250. The van der Waals surface area contributed by atoms with E-state index in [0.717, 1.165) is 5.56 Å². The van der Waals surface area contributed by atoms with Crippen LogP contribution in [0.1, 0.15) is 10.9 Å². The molecule has 0 saturated carbocycles. The highest BCUT2D eigenvalue weighted by Gasteiger charge is 2.36. The van der Waals surface area contributed by atoms with E-state index in [9.17, 15) is 4.79 Å². The van der Waals surface area contributed by atoms with E-state index in [-0.39, 0.29) is 17.3 Å². The van der Waals surface area contributed by atoms with Crippen LogP contribution in [-0.2, 0) is 9.53 Å². The van der Waals surface area contributed by atoms with Crippen molar-refractivity contribution >= 4 is 29.2 Å². The first-order valence-electron chi connectivity index (χ1n) is 4.90. The molecule has 2 unspecified atom stereocenters. The summed E-state index contributed by atoms with van der Waals surface area (Å²) >= 11 is 11.9. The van der Waals surface area contributed by atoms with Crippen molar-refractivity contribution in [3.8, 4) is 0 Å². The first-order valence-corrected chi connectivity index (χ1v) is 5.77. The summed E-state index contributed by atoms with van der Waals surface area (Å²) < 4.78 is 4.94. The second-order valence-electron chi connectivity index (χ2n) is 3.58. The Morgan fingerprint density at radius 2 is 2.06 bits per heavy atom. The molecule has 4 heteroatoms. The number of ether oxygens (including phenoxy) is 1. The number of esters is 1. The molecule has 84 valence electrons. The van der Waals surface area contributed by atoms with E-state index in [1.165, 1.54) is 5.54 Å². The Bertz CT molecular complexity index is 414. The molecule has 0 aliphatic carbocycles. The van der Waals surface area contributed by atoms with Crippen LogP contribution in [0, 0.1) is 5.92 Å². The highest BCUT2D eigenvalue weighted by molar-refractivity contribution is 6.28. The summed E-state index contributed by atoms with van der Waals surface area (Å²) in [6.07, 6.45) is 0. The molecule has 1 aliphatic heterocycles. The maximum Gasteiger partial charge on any atom is 0.335 e. The van der Waals surface area contributed by atoms with Gasteiger partial charge in [0, 0.05) is 11.5 Å². The number of cyclic esters (lactones) is 1. The molecule has 0 radical (unpaired) electrons. The summed E-state index contributed by atoms with van der Waals surface area (Å²) in [7, 11) is 0. The van der Waals surface area contributed by atoms with E-state index >= 15 is 0 Å². The minimum atomic E-state index is -0.374. The standard InChI is InChI=1S/C12H10Cl2O2/c13-6-9-10(7-16-12(9)15)11(14)8-4-2-1-3-5-8/h1-6,10-11H,7H2/b9-6+. The molecule has 1 heterocycles. The van der Waals surface area contributed by atoms with Gasteiger partial charge in [-0.25, -0.2) is 4.79 Å². The van der Waals surface area contributed by atoms with E-state index in [4.69, 9.17) is 27.9 Å². The first kappa shape index (κ1) is 11.5. The quantitative estimate of drug-likeness (QED) is 0.461. The Balaban J connectivity index is 2.23. The summed E-state index contributed by atoms with van der Waals surface area (Å²) in [5, 5.41) is -0.294. The van der Waals surface area contributed by atoms with Crippen LogP contribution in [-0.4, -0.2) is 12.6 Å². The second-order valence-corrected chi connectivity index (χ2v) is 4.27. The predicted molar refractivity (Wildman–Crippen MR) is 63.4 cm³/mol. The van der Waals surface area contributed by atoms with Gasteiger partial charge >= 0.3 is 5.97 Å². The SMILES string of the molecule is O=C1OCC(C(Cl)c2ccccc2)/C1=C\Cl. The highest BCUT2D eigenvalue weighted by Crippen LogP contribution is 2.38. The van der Waals surface area contributed by atoms with Crippen LogP contribution >= 0.6 is 23.2 Å². The van der Waals surface area contributed by atoms with Gasteiger partial charge in [0.2, 0.25) is 0 Å². The fourth-order valence-corrected chi connectivity index (χ4v) is 2.33. The number of hydrogen-bond acceptors (Lipinski definition) is 2. The lowest BCUT2D eigenvalue weighted by atomic mass is 9.95. The molecule has 16 heavy (non-hydrogen) atoms. The molecule has 0 N–H and O–H groups in total. The van der Waals surface area contributed by atoms with E-state index in [1.807, 2.05) is 30.3 Å². The van der Waals surface area contributed by atoms with Gasteiger partial charge in [0.1, 0.15) is 6.61 Å². The Kier molecular flexibility index (Phi) is 3.52. The zero-order valence-corrected chi connectivity index (χ0v) is 9.91. The van der Waals surface area contributed by atoms with Crippen LogP contribution in [0.25, 0.3) is 0 Å². The molecule has 2 atom stereocenters. The van der Waals surface area contributed by atoms with Crippen LogP contribution in [0.3, 0.4) is 0 Å². The van der Waals surface area contributed by atoms with Crippen molar-refractivity contribution in [2.75, 3.05) is 6.61 Å². The maximum atomic E-state index is 11.3. The maximum absolute atomic E-state index is 11.3. The fourth-order valence-electron chi connectivity index (χ4n) is 1.73. The molecule has 0 aromatic heterocycles. The van der Waals surface area contributed by atoms with Gasteiger partial charge in [-0.2, -0.15) is 0 Å². The number of alkyl halides is 1. The molecule has 0 spiro atoms. The molecule has 0 bridgehead atoms. The van der Waals surface area contributed by atoms with Gasteiger partial charge in [0.25, 0.3) is 0 Å². The number of carbonyl (C=O) groups excluding carboxylic acids is 1. The van der Waals surface area contributed by atoms with E-state index in [1.54, 1.807) is 0 Å². The highest BCUT2D eigenvalue weighted by atomic mass is 35.5. The monoisotopic (exact) mass is 256 g/mol. The topological polar surface area (TPSA) is 26.3 Å².